The first-order chi connectivity index (χ1) is 7.79. The maximum Gasteiger partial charge on any atom is 0.248 e. The second kappa shape index (κ2) is 4.14. The van der Waals surface area contributed by atoms with Gasteiger partial charge in [-0.05, 0) is 26.7 Å². The Morgan fingerprint density at radius 2 is 1.76 bits per heavy atom. The van der Waals surface area contributed by atoms with Gasteiger partial charge in [-0.3, -0.25) is 0 Å². The molecule has 2 fully saturated rings. The molecule has 0 spiro atoms. The van der Waals surface area contributed by atoms with Gasteiger partial charge in [0.2, 0.25) is 5.92 Å². The van der Waals surface area contributed by atoms with Crippen molar-refractivity contribution >= 4 is 0 Å². The van der Waals surface area contributed by atoms with Crippen LogP contribution in [0.2, 0.25) is 0 Å². The number of rotatable bonds is 2. The van der Waals surface area contributed by atoms with Gasteiger partial charge in [0.1, 0.15) is 0 Å². The summed E-state index contributed by atoms with van der Waals surface area (Å²) in [6.07, 6.45) is 0.495. The predicted octanol–water partition coefficient (Wildman–Crippen LogP) is 2.29. The van der Waals surface area contributed by atoms with Crippen molar-refractivity contribution in [2.45, 2.75) is 57.3 Å². The minimum Gasteiger partial charge on any atom is -0.348 e. The summed E-state index contributed by atoms with van der Waals surface area (Å²) >= 11 is 0. The minimum absolute atomic E-state index is 0.0928. The summed E-state index contributed by atoms with van der Waals surface area (Å²) in [5, 5.41) is 0. The molecule has 1 aliphatic carbocycles. The van der Waals surface area contributed by atoms with Crippen molar-refractivity contribution in [2.75, 3.05) is 13.2 Å². The van der Waals surface area contributed by atoms with E-state index in [9.17, 15) is 8.78 Å². The molecule has 2 rings (SSSR count). The summed E-state index contributed by atoms with van der Waals surface area (Å²) in [4.78, 5) is 0. The molecule has 3 nitrogen and oxygen atoms in total. The molecule has 1 heterocycles. The number of alkyl halides is 2. The molecule has 0 aromatic rings. The number of hydrogen-bond acceptors (Lipinski definition) is 3. The zero-order chi connectivity index (χ0) is 12.7. The zero-order valence-electron chi connectivity index (χ0n) is 10.5. The monoisotopic (exact) mass is 249 g/mol. The third kappa shape index (κ3) is 2.61. The van der Waals surface area contributed by atoms with Crippen molar-refractivity contribution in [1.29, 1.82) is 0 Å². The molecule has 1 atom stereocenters. The Morgan fingerprint density at radius 1 is 1.18 bits per heavy atom. The lowest BCUT2D eigenvalue weighted by Crippen LogP contribution is -2.48. The third-order valence-electron chi connectivity index (χ3n) is 4.08. The normalized spacial score (nSPS) is 34.8. The lowest BCUT2D eigenvalue weighted by atomic mass is 9.69. The fourth-order valence-corrected chi connectivity index (χ4v) is 2.76. The molecule has 0 radical (unpaired) electrons. The first kappa shape index (κ1) is 13.2. The van der Waals surface area contributed by atoms with Gasteiger partial charge in [-0.15, -0.1) is 0 Å². The fourth-order valence-electron chi connectivity index (χ4n) is 2.76. The molecule has 100 valence electrons. The largest absolute Gasteiger partial charge is 0.348 e. The van der Waals surface area contributed by atoms with Gasteiger partial charge in [-0.25, -0.2) is 8.78 Å². The average molecular weight is 249 g/mol. The summed E-state index contributed by atoms with van der Waals surface area (Å²) in [7, 11) is 0. The van der Waals surface area contributed by atoms with E-state index >= 15 is 0 Å². The van der Waals surface area contributed by atoms with Crippen LogP contribution < -0.4 is 5.73 Å². The van der Waals surface area contributed by atoms with Crippen LogP contribution in [0.1, 0.15) is 39.5 Å². The second-order valence-electron chi connectivity index (χ2n) is 5.74. The Morgan fingerprint density at radius 3 is 2.18 bits per heavy atom. The summed E-state index contributed by atoms with van der Waals surface area (Å²) < 4.78 is 37.7. The first-order valence-corrected chi connectivity index (χ1v) is 6.18. The number of ether oxygens (including phenoxy) is 2. The predicted molar refractivity (Wildman–Crippen MR) is 59.8 cm³/mol. The standard InChI is InChI=1S/C12H21F2NO2/c1-10(2)16-7-9(17-10)11(8-15)3-5-12(13,14)6-4-11/h9H,3-8,15H2,1-2H3. The zero-order valence-corrected chi connectivity index (χ0v) is 10.5. The highest BCUT2D eigenvalue weighted by atomic mass is 19.3. The molecular weight excluding hydrogens is 228 g/mol. The third-order valence-corrected chi connectivity index (χ3v) is 4.08. The van der Waals surface area contributed by atoms with E-state index in [-0.39, 0.29) is 24.4 Å². The molecule has 1 unspecified atom stereocenters. The van der Waals surface area contributed by atoms with E-state index in [4.69, 9.17) is 15.2 Å². The Balaban J connectivity index is 2.07. The van der Waals surface area contributed by atoms with Crippen molar-refractivity contribution < 1.29 is 18.3 Å². The first-order valence-electron chi connectivity index (χ1n) is 6.18. The molecule has 0 bridgehead atoms. The molecule has 1 saturated heterocycles. The van der Waals surface area contributed by atoms with E-state index in [2.05, 4.69) is 0 Å². The van der Waals surface area contributed by atoms with Gasteiger partial charge in [-0.2, -0.15) is 0 Å². The maximum absolute atomic E-state index is 13.2. The van der Waals surface area contributed by atoms with Gasteiger partial charge >= 0.3 is 0 Å². The van der Waals surface area contributed by atoms with Crippen molar-refractivity contribution in [3.05, 3.63) is 0 Å². The van der Waals surface area contributed by atoms with E-state index in [1.165, 1.54) is 0 Å². The Hall–Kier alpha value is -0.260. The SMILES string of the molecule is CC1(C)OCC(C2(CN)CCC(F)(F)CC2)O1. The molecule has 1 saturated carbocycles. The molecule has 0 aromatic carbocycles. The highest BCUT2D eigenvalue weighted by Crippen LogP contribution is 2.48. The van der Waals surface area contributed by atoms with Crippen LogP contribution in [-0.4, -0.2) is 31.0 Å². The Kier molecular flexibility index (Phi) is 3.21. The molecule has 1 aliphatic heterocycles. The van der Waals surface area contributed by atoms with Crippen molar-refractivity contribution in [3.63, 3.8) is 0 Å². The van der Waals surface area contributed by atoms with Gasteiger partial charge in [0.05, 0.1) is 12.7 Å². The van der Waals surface area contributed by atoms with E-state index in [1.54, 1.807) is 0 Å². The van der Waals surface area contributed by atoms with Gasteiger partial charge in [-0.1, -0.05) is 0 Å². The number of hydrogen-bond donors (Lipinski definition) is 1. The lowest BCUT2D eigenvalue weighted by molar-refractivity contribution is -0.165. The average Bonchev–Trinajstić information content (AvgIpc) is 2.60. The molecule has 2 N–H and O–H groups in total. The summed E-state index contributed by atoms with van der Waals surface area (Å²) in [6.45, 7) is 4.52. The van der Waals surface area contributed by atoms with Gasteiger partial charge in [0.15, 0.2) is 5.79 Å². The molecular formula is C12H21F2NO2. The van der Waals surface area contributed by atoms with E-state index in [0.29, 0.717) is 26.0 Å². The van der Waals surface area contributed by atoms with E-state index in [1.807, 2.05) is 13.8 Å². The summed E-state index contributed by atoms with van der Waals surface area (Å²) in [5.74, 6) is -3.15. The van der Waals surface area contributed by atoms with Crippen molar-refractivity contribution in [2.24, 2.45) is 11.1 Å². The van der Waals surface area contributed by atoms with Crippen LogP contribution in [-0.2, 0) is 9.47 Å². The highest BCUT2D eigenvalue weighted by molar-refractivity contribution is 4.97. The van der Waals surface area contributed by atoms with Crippen LogP contribution in [0.3, 0.4) is 0 Å². The molecule has 2 aliphatic rings. The van der Waals surface area contributed by atoms with Gasteiger partial charge in [0.25, 0.3) is 0 Å². The quantitative estimate of drug-likeness (QED) is 0.816. The van der Waals surface area contributed by atoms with Crippen LogP contribution in [0.25, 0.3) is 0 Å². The fraction of sp³-hybridized carbons (Fsp3) is 1.00. The number of halogens is 2. The van der Waals surface area contributed by atoms with Gasteiger partial charge in [0, 0.05) is 24.8 Å². The minimum atomic E-state index is -2.53. The molecule has 0 amide bonds. The summed E-state index contributed by atoms with van der Waals surface area (Å²) in [6, 6.07) is 0. The van der Waals surface area contributed by atoms with Crippen LogP contribution in [0.15, 0.2) is 0 Å². The molecule has 5 heteroatoms. The maximum atomic E-state index is 13.2. The van der Waals surface area contributed by atoms with Crippen LogP contribution >= 0.6 is 0 Å². The molecule has 17 heavy (non-hydrogen) atoms. The topological polar surface area (TPSA) is 44.5 Å². The Labute approximate surface area is 101 Å². The second-order valence-corrected chi connectivity index (χ2v) is 5.74. The van der Waals surface area contributed by atoms with Crippen LogP contribution in [0.5, 0.6) is 0 Å². The highest BCUT2D eigenvalue weighted by Gasteiger charge is 2.51. The van der Waals surface area contributed by atoms with Crippen LogP contribution in [0.4, 0.5) is 8.78 Å². The van der Waals surface area contributed by atoms with Crippen molar-refractivity contribution in [1.82, 2.24) is 0 Å². The molecule has 0 aromatic heterocycles. The lowest BCUT2D eigenvalue weighted by Gasteiger charge is -2.42. The van der Waals surface area contributed by atoms with Crippen LogP contribution in [0, 0.1) is 5.41 Å². The number of nitrogens with two attached hydrogens (primary N) is 1. The van der Waals surface area contributed by atoms with Crippen molar-refractivity contribution in [3.8, 4) is 0 Å². The Bertz CT molecular complexity index is 284. The van der Waals surface area contributed by atoms with Gasteiger partial charge < -0.3 is 15.2 Å². The van der Waals surface area contributed by atoms with E-state index < -0.39 is 11.7 Å². The van der Waals surface area contributed by atoms with E-state index in [0.717, 1.165) is 0 Å². The smallest absolute Gasteiger partial charge is 0.248 e. The summed E-state index contributed by atoms with van der Waals surface area (Å²) in [5.41, 5.74) is 5.48.